The molecule has 1 nitrogen and oxygen atoms in total. The van der Waals surface area contributed by atoms with Gasteiger partial charge in [0.25, 0.3) is 0 Å². The molecule has 2 rings (SSSR count). The molecule has 0 amide bonds. The standard InChI is InChI=1S/C14H18ClN/c1-3-12-4-5-14(13(15)10-12)16-8-6-11(2)7-9-16/h3-5,10-11H,1,6-9H2,2H3. The van der Waals surface area contributed by atoms with Gasteiger partial charge in [-0.15, -0.1) is 0 Å². The number of hydrogen-bond donors (Lipinski definition) is 0. The Balaban J connectivity index is 2.17. The molecule has 1 aliphatic heterocycles. The summed E-state index contributed by atoms with van der Waals surface area (Å²) < 4.78 is 0. The number of halogens is 1. The van der Waals surface area contributed by atoms with Crippen molar-refractivity contribution in [2.45, 2.75) is 19.8 Å². The number of benzene rings is 1. The normalized spacial score (nSPS) is 17.5. The molecule has 0 spiro atoms. The first-order chi connectivity index (χ1) is 7.70. The molecule has 0 N–H and O–H groups in total. The SMILES string of the molecule is C=Cc1ccc(N2CCC(C)CC2)c(Cl)c1. The summed E-state index contributed by atoms with van der Waals surface area (Å²) in [5, 5.41) is 0.840. The summed E-state index contributed by atoms with van der Waals surface area (Å²) in [6, 6.07) is 6.17. The summed E-state index contributed by atoms with van der Waals surface area (Å²) in [7, 11) is 0. The van der Waals surface area contributed by atoms with Crippen molar-refractivity contribution in [1.82, 2.24) is 0 Å². The summed E-state index contributed by atoms with van der Waals surface area (Å²) in [6.45, 7) is 8.31. The van der Waals surface area contributed by atoms with Crippen LogP contribution in [0.25, 0.3) is 6.08 Å². The quantitative estimate of drug-likeness (QED) is 0.742. The third-order valence-electron chi connectivity index (χ3n) is 3.33. The van der Waals surface area contributed by atoms with E-state index in [-0.39, 0.29) is 0 Å². The number of hydrogen-bond acceptors (Lipinski definition) is 1. The highest BCUT2D eigenvalue weighted by molar-refractivity contribution is 6.33. The van der Waals surface area contributed by atoms with Gasteiger partial charge < -0.3 is 4.90 Å². The van der Waals surface area contributed by atoms with E-state index in [1.807, 2.05) is 12.1 Å². The highest BCUT2D eigenvalue weighted by Crippen LogP contribution is 2.30. The second-order valence-electron chi connectivity index (χ2n) is 4.58. The van der Waals surface area contributed by atoms with Crippen molar-refractivity contribution >= 4 is 23.4 Å². The second kappa shape index (κ2) is 4.92. The third-order valence-corrected chi connectivity index (χ3v) is 3.63. The number of nitrogens with zero attached hydrogens (tertiary/aromatic N) is 1. The molecule has 0 unspecified atom stereocenters. The highest BCUT2D eigenvalue weighted by Gasteiger charge is 2.17. The van der Waals surface area contributed by atoms with E-state index in [1.54, 1.807) is 0 Å². The van der Waals surface area contributed by atoms with E-state index >= 15 is 0 Å². The van der Waals surface area contributed by atoms with Crippen LogP contribution in [0.3, 0.4) is 0 Å². The Kier molecular flexibility index (Phi) is 3.55. The van der Waals surface area contributed by atoms with Gasteiger partial charge >= 0.3 is 0 Å². The lowest BCUT2D eigenvalue weighted by molar-refractivity contribution is 0.438. The van der Waals surface area contributed by atoms with Crippen molar-refractivity contribution in [1.29, 1.82) is 0 Å². The van der Waals surface area contributed by atoms with Gasteiger partial charge in [-0.25, -0.2) is 0 Å². The molecule has 1 saturated heterocycles. The zero-order valence-corrected chi connectivity index (χ0v) is 10.5. The number of piperidine rings is 1. The zero-order valence-electron chi connectivity index (χ0n) is 9.75. The van der Waals surface area contributed by atoms with Gasteiger partial charge in [-0.1, -0.05) is 37.2 Å². The molecule has 1 aliphatic rings. The number of rotatable bonds is 2. The molecule has 0 saturated carbocycles. The van der Waals surface area contributed by atoms with E-state index < -0.39 is 0 Å². The van der Waals surface area contributed by atoms with Crippen molar-refractivity contribution in [3.8, 4) is 0 Å². The molecule has 1 aromatic rings. The Morgan fingerprint density at radius 2 is 2.06 bits per heavy atom. The summed E-state index contributed by atoms with van der Waals surface area (Å²) in [4.78, 5) is 2.38. The Hall–Kier alpha value is -0.950. The van der Waals surface area contributed by atoms with Crippen LogP contribution in [0.5, 0.6) is 0 Å². The average Bonchev–Trinajstić information content (AvgIpc) is 2.30. The van der Waals surface area contributed by atoms with E-state index in [1.165, 1.54) is 18.5 Å². The number of anilines is 1. The van der Waals surface area contributed by atoms with Gasteiger partial charge in [-0.2, -0.15) is 0 Å². The fourth-order valence-electron chi connectivity index (χ4n) is 2.16. The Bertz CT molecular complexity index is 378. The molecule has 0 radical (unpaired) electrons. The molecule has 1 fully saturated rings. The molecule has 0 aromatic heterocycles. The van der Waals surface area contributed by atoms with Gasteiger partial charge in [0.1, 0.15) is 0 Å². The van der Waals surface area contributed by atoms with E-state index in [0.29, 0.717) is 0 Å². The van der Waals surface area contributed by atoms with E-state index in [9.17, 15) is 0 Å². The van der Waals surface area contributed by atoms with E-state index in [2.05, 4.69) is 30.5 Å². The first-order valence-corrected chi connectivity index (χ1v) is 6.25. The monoisotopic (exact) mass is 235 g/mol. The first kappa shape index (κ1) is 11.5. The molecular formula is C14H18ClN. The maximum Gasteiger partial charge on any atom is 0.0645 e. The van der Waals surface area contributed by atoms with Crippen LogP contribution in [0.2, 0.25) is 5.02 Å². The maximum absolute atomic E-state index is 6.29. The fraction of sp³-hybridized carbons (Fsp3) is 0.429. The van der Waals surface area contributed by atoms with Crippen LogP contribution in [-0.4, -0.2) is 13.1 Å². The van der Waals surface area contributed by atoms with Gasteiger partial charge in [-0.05, 0) is 36.5 Å². The van der Waals surface area contributed by atoms with Crippen LogP contribution in [0.15, 0.2) is 24.8 Å². The van der Waals surface area contributed by atoms with Gasteiger partial charge in [0.2, 0.25) is 0 Å². The second-order valence-corrected chi connectivity index (χ2v) is 4.99. The molecule has 2 heteroatoms. The first-order valence-electron chi connectivity index (χ1n) is 5.87. The molecule has 0 atom stereocenters. The van der Waals surface area contributed by atoms with Gasteiger partial charge in [-0.3, -0.25) is 0 Å². The fourth-order valence-corrected chi connectivity index (χ4v) is 2.46. The summed E-state index contributed by atoms with van der Waals surface area (Å²) in [6.07, 6.45) is 4.35. The van der Waals surface area contributed by atoms with Crippen molar-refractivity contribution in [2.75, 3.05) is 18.0 Å². The molecular weight excluding hydrogens is 218 g/mol. The Morgan fingerprint density at radius 1 is 1.38 bits per heavy atom. The van der Waals surface area contributed by atoms with E-state index in [4.69, 9.17) is 11.6 Å². The summed E-state index contributed by atoms with van der Waals surface area (Å²) in [5.41, 5.74) is 2.25. The van der Waals surface area contributed by atoms with Crippen molar-refractivity contribution in [2.24, 2.45) is 5.92 Å². The lowest BCUT2D eigenvalue weighted by Gasteiger charge is -2.32. The maximum atomic E-state index is 6.29. The summed E-state index contributed by atoms with van der Waals surface area (Å²) >= 11 is 6.29. The lowest BCUT2D eigenvalue weighted by Crippen LogP contribution is -2.32. The smallest absolute Gasteiger partial charge is 0.0645 e. The highest BCUT2D eigenvalue weighted by atomic mass is 35.5. The van der Waals surface area contributed by atoms with Crippen LogP contribution in [0, 0.1) is 5.92 Å². The largest absolute Gasteiger partial charge is 0.370 e. The van der Waals surface area contributed by atoms with Crippen LogP contribution in [-0.2, 0) is 0 Å². The topological polar surface area (TPSA) is 3.24 Å². The molecule has 1 aromatic carbocycles. The van der Waals surface area contributed by atoms with Crippen LogP contribution >= 0.6 is 11.6 Å². The van der Waals surface area contributed by atoms with Gasteiger partial charge in [0.15, 0.2) is 0 Å². The third kappa shape index (κ3) is 2.41. The molecule has 0 aliphatic carbocycles. The minimum atomic E-state index is 0.840. The van der Waals surface area contributed by atoms with Gasteiger partial charge in [0.05, 0.1) is 10.7 Å². The van der Waals surface area contributed by atoms with E-state index in [0.717, 1.165) is 29.6 Å². The Morgan fingerprint density at radius 3 is 2.62 bits per heavy atom. The van der Waals surface area contributed by atoms with Crippen LogP contribution in [0.1, 0.15) is 25.3 Å². The minimum Gasteiger partial charge on any atom is -0.370 e. The molecule has 86 valence electrons. The minimum absolute atomic E-state index is 0.840. The van der Waals surface area contributed by atoms with Crippen molar-refractivity contribution in [3.05, 3.63) is 35.4 Å². The Labute approximate surface area is 103 Å². The predicted octanol–water partition coefficient (Wildman–Crippen LogP) is 4.22. The van der Waals surface area contributed by atoms with Crippen molar-refractivity contribution < 1.29 is 0 Å². The molecule has 16 heavy (non-hydrogen) atoms. The van der Waals surface area contributed by atoms with Gasteiger partial charge in [0, 0.05) is 13.1 Å². The predicted molar refractivity (Wildman–Crippen MR) is 72.2 cm³/mol. The van der Waals surface area contributed by atoms with Crippen LogP contribution in [0.4, 0.5) is 5.69 Å². The lowest BCUT2D eigenvalue weighted by atomic mass is 9.98. The van der Waals surface area contributed by atoms with Crippen LogP contribution < -0.4 is 4.90 Å². The summed E-state index contributed by atoms with van der Waals surface area (Å²) in [5.74, 6) is 0.850. The molecule has 0 bridgehead atoms. The molecule has 1 heterocycles. The van der Waals surface area contributed by atoms with Crippen molar-refractivity contribution in [3.63, 3.8) is 0 Å². The average molecular weight is 236 g/mol. The zero-order chi connectivity index (χ0) is 11.5.